The average molecular weight is 242 g/mol. The molecule has 0 radical (unpaired) electrons. The molecule has 0 unspecified atom stereocenters. The molecule has 0 bridgehead atoms. The topological polar surface area (TPSA) is 34.1 Å². The van der Waals surface area contributed by atoms with Crippen molar-refractivity contribution in [2.45, 2.75) is 38.5 Å². The molecule has 94 valence electrons. The van der Waals surface area contributed by atoms with E-state index in [0.29, 0.717) is 11.1 Å². The minimum atomic E-state index is 0.167. The summed E-state index contributed by atoms with van der Waals surface area (Å²) in [6.07, 6.45) is 6.26. The van der Waals surface area contributed by atoms with Gasteiger partial charge in [-0.1, -0.05) is 37.1 Å². The summed E-state index contributed by atoms with van der Waals surface area (Å²) in [6.45, 7) is 0. The van der Waals surface area contributed by atoms with E-state index in [4.69, 9.17) is 0 Å². The highest BCUT2D eigenvalue weighted by Crippen LogP contribution is 2.34. The second-order valence-electron chi connectivity index (χ2n) is 5.53. The van der Waals surface area contributed by atoms with E-state index in [1.54, 1.807) is 0 Å². The highest BCUT2D eigenvalue weighted by Gasteiger charge is 2.32. The summed E-state index contributed by atoms with van der Waals surface area (Å²) < 4.78 is 0. The van der Waals surface area contributed by atoms with Crippen LogP contribution < -0.4 is 0 Å². The lowest BCUT2D eigenvalue weighted by atomic mass is 9.75. The molecule has 0 amide bonds. The van der Waals surface area contributed by atoms with E-state index < -0.39 is 0 Å². The number of benzene rings is 1. The standard InChI is InChI=1S/C16H18O2/c17-15(11-5-3-6-11)13-9-1-2-10-14(13)16(18)12-7-4-8-12/h1-2,9-12H,3-8H2. The first-order valence-corrected chi connectivity index (χ1v) is 6.95. The van der Waals surface area contributed by atoms with Gasteiger partial charge in [0.1, 0.15) is 0 Å². The Kier molecular flexibility index (Phi) is 3.02. The quantitative estimate of drug-likeness (QED) is 0.755. The highest BCUT2D eigenvalue weighted by atomic mass is 16.1. The van der Waals surface area contributed by atoms with Crippen molar-refractivity contribution in [1.82, 2.24) is 0 Å². The molecule has 2 aliphatic rings. The number of Topliss-reactive ketones (excluding diaryl/α,β-unsaturated/α-hetero) is 2. The third-order valence-corrected chi connectivity index (χ3v) is 4.41. The van der Waals surface area contributed by atoms with E-state index >= 15 is 0 Å². The highest BCUT2D eigenvalue weighted by molar-refractivity contribution is 6.10. The van der Waals surface area contributed by atoms with Crippen LogP contribution in [0.1, 0.15) is 59.2 Å². The summed E-state index contributed by atoms with van der Waals surface area (Å²) in [7, 11) is 0. The zero-order chi connectivity index (χ0) is 12.5. The lowest BCUT2D eigenvalue weighted by molar-refractivity contribution is 0.0819. The Morgan fingerprint density at radius 1 is 0.778 bits per heavy atom. The summed E-state index contributed by atoms with van der Waals surface area (Å²) >= 11 is 0. The molecule has 2 nitrogen and oxygen atoms in total. The summed E-state index contributed by atoms with van der Waals surface area (Å²) in [5, 5.41) is 0. The van der Waals surface area contributed by atoms with Crippen LogP contribution in [-0.2, 0) is 0 Å². The SMILES string of the molecule is O=C(c1ccccc1C(=O)C1CCC1)C1CCC1. The fourth-order valence-corrected chi connectivity index (χ4v) is 2.69. The Hall–Kier alpha value is -1.44. The number of hydrogen-bond acceptors (Lipinski definition) is 2. The molecule has 1 aromatic carbocycles. The summed E-state index contributed by atoms with van der Waals surface area (Å²) in [4.78, 5) is 24.7. The minimum Gasteiger partial charge on any atom is -0.294 e. The number of hydrogen-bond donors (Lipinski definition) is 0. The van der Waals surface area contributed by atoms with E-state index in [2.05, 4.69) is 0 Å². The van der Waals surface area contributed by atoms with Gasteiger partial charge in [-0.25, -0.2) is 0 Å². The van der Waals surface area contributed by atoms with Gasteiger partial charge >= 0.3 is 0 Å². The third kappa shape index (κ3) is 1.90. The van der Waals surface area contributed by atoms with Crippen LogP contribution in [0.15, 0.2) is 24.3 Å². The Morgan fingerprint density at radius 3 is 1.44 bits per heavy atom. The van der Waals surface area contributed by atoms with Crippen molar-refractivity contribution >= 4 is 11.6 Å². The fraction of sp³-hybridized carbons (Fsp3) is 0.500. The first-order valence-electron chi connectivity index (χ1n) is 6.95. The molecular weight excluding hydrogens is 224 g/mol. The van der Waals surface area contributed by atoms with Crippen LogP contribution in [0.4, 0.5) is 0 Å². The molecule has 18 heavy (non-hydrogen) atoms. The Balaban J connectivity index is 1.88. The molecule has 0 N–H and O–H groups in total. The monoisotopic (exact) mass is 242 g/mol. The normalized spacial score (nSPS) is 20.0. The van der Waals surface area contributed by atoms with Crippen molar-refractivity contribution in [2.75, 3.05) is 0 Å². The van der Waals surface area contributed by atoms with Crippen molar-refractivity contribution in [1.29, 1.82) is 0 Å². The molecule has 0 aromatic heterocycles. The molecule has 0 atom stereocenters. The van der Waals surface area contributed by atoms with Crippen LogP contribution in [0.3, 0.4) is 0 Å². The van der Waals surface area contributed by atoms with Crippen LogP contribution in [0.25, 0.3) is 0 Å². The van der Waals surface area contributed by atoms with Crippen LogP contribution in [0, 0.1) is 11.8 Å². The molecular formula is C16H18O2. The van der Waals surface area contributed by atoms with E-state index in [0.717, 1.165) is 38.5 Å². The minimum absolute atomic E-state index is 0.167. The van der Waals surface area contributed by atoms with Gasteiger partial charge in [-0.05, 0) is 25.7 Å². The first kappa shape index (κ1) is 11.6. The lowest BCUT2D eigenvalue weighted by Crippen LogP contribution is -2.27. The zero-order valence-corrected chi connectivity index (χ0v) is 10.5. The first-order chi connectivity index (χ1) is 8.77. The molecule has 3 rings (SSSR count). The van der Waals surface area contributed by atoms with Gasteiger partial charge in [0, 0.05) is 23.0 Å². The number of rotatable bonds is 4. The van der Waals surface area contributed by atoms with E-state index in [9.17, 15) is 9.59 Å². The molecule has 2 heteroatoms. The molecule has 2 saturated carbocycles. The predicted molar refractivity (Wildman–Crippen MR) is 69.8 cm³/mol. The van der Waals surface area contributed by atoms with Gasteiger partial charge in [0.25, 0.3) is 0 Å². The molecule has 0 heterocycles. The van der Waals surface area contributed by atoms with E-state index in [1.165, 1.54) is 0 Å². The van der Waals surface area contributed by atoms with Crippen molar-refractivity contribution < 1.29 is 9.59 Å². The van der Waals surface area contributed by atoms with Gasteiger partial charge in [-0.2, -0.15) is 0 Å². The van der Waals surface area contributed by atoms with Crippen LogP contribution >= 0.6 is 0 Å². The van der Waals surface area contributed by atoms with Gasteiger partial charge in [0.05, 0.1) is 0 Å². The Morgan fingerprint density at radius 2 is 1.17 bits per heavy atom. The Labute approximate surface area is 107 Å². The molecule has 2 fully saturated rings. The van der Waals surface area contributed by atoms with Crippen LogP contribution in [-0.4, -0.2) is 11.6 Å². The zero-order valence-electron chi connectivity index (χ0n) is 10.5. The smallest absolute Gasteiger partial charge is 0.166 e. The Bertz CT molecular complexity index is 437. The number of carbonyl (C=O) groups is 2. The van der Waals surface area contributed by atoms with Crippen molar-refractivity contribution in [3.63, 3.8) is 0 Å². The van der Waals surface area contributed by atoms with Crippen molar-refractivity contribution in [3.8, 4) is 0 Å². The van der Waals surface area contributed by atoms with E-state index in [1.807, 2.05) is 24.3 Å². The second kappa shape index (κ2) is 4.68. The van der Waals surface area contributed by atoms with Gasteiger partial charge in [-0.15, -0.1) is 0 Å². The second-order valence-corrected chi connectivity index (χ2v) is 5.53. The maximum Gasteiger partial charge on any atom is 0.166 e. The van der Waals surface area contributed by atoms with Crippen molar-refractivity contribution in [2.24, 2.45) is 11.8 Å². The van der Waals surface area contributed by atoms with Crippen LogP contribution in [0.2, 0.25) is 0 Å². The van der Waals surface area contributed by atoms with Gasteiger partial charge in [0.2, 0.25) is 0 Å². The third-order valence-electron chi connectivity index (χ3n) is 4.41. The molecule has 1 aromatic rings. The summed E-state index contributed by atoms with van der Waals surface area (Å²) in [5.41, 5.74) is 1.33. The van der Waals surface area contributed by atoms with Gasteiger partial charge in [0.15, 0.2) is 11.6 Å². The maximum absolute atomic E-state index is 12.3. The summed E-state index contributed by atoms with van der Waals surface area (Å²) in [6, 6.07) is 7.38. The average Bonchev–Trinajstić information content (AvgIpc) is 2.24. The van der Waals surface area contributed by atoms with Gasteiger partial charge in [-0.3, -0.25) is 9.59 Å². The van der Waals surface area contributed by atoms with Gasteiger partial charge < -0.3 is 0 Å². The molecule has 0 spiro atoms. The molecule has 0 aliphatic heterocycles. The number of carbonyl (C=O) groups excluding carboxylic acids is 2. The largest absolute Gasteiger partial charge is 0.294 e. The lowest BCUT2D eigenvalue weighted by Gasteiger charge is -2.27. The summed E-state index contributed by atoms with van der Waals surface area (Å²) in [5.74, 6) is 0.703. The molecule has 2 aliphatic carbocycles. The number of ketones is 2. The van der Waals surface area contributed by atoms with Crippen molar-refractivity contribution in [3.05, 3.63) is 35.4 Å². The van der Waals surface area contributed by atoms with E-state index in [-0.39, 0.29) is 23.4 Å². The maximum atomic E-state index is 12.3. The van der Waals surface area contributed by atoms with Crippen LogP contribution in [0.5, 0.6) is 0 Å². The predicted octanol–water partition coefficient (Wildman–Crippen LogP) is 3.65. The fourth-order valence-electron chi connectivity index (χ4n) is 2.69. The molecule has 0 saturated heterocycles.